The van der Waals surface area contributed by atoms with Gasteiger partial charge in [0, 0.05) is 12.6 Å². The van der Waals surface area contributed by atoms with Gasteiger partial charge in [0.25, 0.3) is 5.91 Å². The van der Waals surface area contributed by atoms with Gasteiger partial charge in [0.05, 0.1) is 32.9 Å². The van der Waals surface area contributed by atoms with Crippen LogP contribution in [0.25, 0.3) is 0 Å². The molecule has 25 heavy (non-hydrogen) atoms. The maximum Gasteiger partial charge on any atom is 0.257 e. The Balaban J connectivity index is 1.80. The quantitative estimate of drug-likeness (QED) is 0.855. The van der Waals surface area contributed by atoms with E-state index in [1.54, 1.807) is 42.3 Å². The first-order chi connectivity index (χ1) is 12.1. The van der Waals surface area contributed by atoms with Crippen molar-refractivity contribution in [2.24, 2.45) is 0 Å². The molecule has 2 aromatic carbocycles. The number of rotatable bonds is 4. The molecule has 132 valence electrons. The van der Waals surface area contributed by atoms with Crippen LogP contribution < -0.4 is 9.47 Å². The van der Waals surface area contributed by atoms with Gasteiger partial charge in [-0.05, 0) is 29.8 Å². The molecule has 5 nitrogen and oxygen atoms in total. The number of methoxy groups -OCH3 is 2. The average molecular weight is 345 g/mol. The van der Waals surface area contributed by atoms with Gasteiger partial charge in [-0.1, -0.05) is 12.1 Å². The minimum absolute atomic E-state index is 0.149. The number of morpholine rings is 1. The second kappa shape index (κ2) is 7.53. The van der Waals surface area contributed by atoms with Crippen molar-refractivity contribution in [1.29, 1.82) is 0 Å². The fourth-order valence-electron chi connectivity index (χ4n) is 2.89. The molecule has 2 aromatic rings. The highest BCUT2D eigenvalue weighted by atomic mass is 19.1. The van der Waals surface area contributed by atoms with E-state index in [0.29, 0.717) is 36.8 Å². The largest absolute Gasteiger partial charge is 0.497 e. The van der Waals surface area contributed by atoms with Gasteiger partial charge in [-0.3, -0.25) is 4.79 Å². The van der Waals surface area contributed by atoms with Gasteiger partial charge < -0.3 is 19.1 Å². The van der Waals surface area contributed by atoms with Crippen molar-refractivity contribution < 1.29 is 23.4 Å². The van der Waals surface area contributed by atoms with Gasteiger partial charge in [0.2, 0.25) is 0 Å². The zero-order chi connectivity index (χ0) is 17.8. The van der Waals surface area contributed by atoms with Gasteiger partial charge in [-0.25, -0.2) is 4.39 Å². The zero-order valence-corrected chi connectivity index (χ0v) is 14.2. The minimum atomic E-state index is -0.349. The molecule has 0 aliphatic carbocycles. The van der Waals surface area contributed by atoms with Crippen molar-refractivity contribution in [3.05, 3.63) is 59.4 Å². The summed E-state index contributed by atoms with van der Waals surface area (Å²) in [6, 6.07) is 11.4. The lowest BCUT2D eigenvalue weighted by molar-refractivity contribution is -0.0230. The number of benzene rings is 2. The molecule has 0 saturated carbocycles. The second-order valence-electron chi connectivity index (χ2n) is 5.73. The van der Waals surface area contributed by atoms with E-state index in [0.717, 1.165) is 5.56 Å². The number of ether oxygens (including phenoxy) is 3. The highest BCUT2D eigenvalue weighted by molar-refractivity contribution is 5.97. The van der Waals surface area contributed by atoms with Crippen LogP contribution in [0.2, 0.25) is 0 Å². The summed E-state index contributed by atoms with van der Waals surface area (Å²) in [7, 11) is 3.07. The molecule has 0 aromatic heterocycles. The van der Waals surface area contributed by atoms with Crippen LogP contribution in [-0.2, 0) is 4.74 Å². The SMILES string of the molecule is COc1ccc(C(=O)N2CCOC(c3cccc(F)c3)C2)c(OC)c1. The second-order valence-corrected chi connectivity index (χ2v) is 5.73. The first-order valence-corrected chi connectivity index (χ1v) is 8.00. The third-order valence-electron chi connectivity index (χ3n) is 4.21. The molecule has 1 amide bonds. The Morgan fingerprint density at radius 2 is 2.04 bits per heavy atom. The Bertz CT molecular complexity index is 765. The molecule has 6 heteroatoms. The van der Waals surface area contributed by atoms with Crippen LogP contribution in [0.1, 0.15) is 22.0 Å². The van der Waals surface area contributed by atoms with Crippen molar-refractivity contribution in [2.75, 3.05) is 33.9 Å². The van der Waals surface area contributed by atoms with Crippen LogP contribution in [0.3, 0.4) is 0 Å². The summed E-state index contributed by atoms with van der Waals surface area (Å²) in [5, 5.41) is 0. The van der Waals surface area contributed by atoms with E-state index >= 15 is 0 Å². The topological polar surface area (TPSA) is 48.0 Å². The predicted octanol–water partition coefficient (Wildman–Crippen LogP) is 3.06. The highest BCUT2D eigenvalue weighted by Gasteiger charge is 2.28. The zero-order valence-electron chi connectivity index (χ0n) is 14.2. The van der Waals surface area contributed by atoms with Crippen LogP contribution in [-0.4, -0.2) is 44.7 Å². The number of hydrogen-bond acceptors (Lipinski definition) is 4. The normalized spacial score (nSPS) is 17.2. The molecule has 1 heterocycles. The molecule has 1 fully saturated rings. The van der Waals surface area contributed by atoms with Crippen molar-refractivity contribution in [3.63, 3.8) is 0 Å². The fourth-order valence-corrected chi connectivity index (χ4v) is 2.89. The summed E-state index contributed by atoms with van der Waals surface area (Å²) < 4.78 is 29.6. The first kappa shape index (κ1) is 17.2. The summed E-state index contributed by atoms with van der Waals surface area (Å²) in [4.78, 5) is 14.6. The van der Waals surface area contributed by atoms with E-state index in [2.05, 4.69) is 0 Å². The van der Waals surface area contributed by atoms with E-state index < -0.39 is 0 Å². The maximum atomic E-state index is 13.4. The first-order valence-electron chi connectivity index (χ1n) is 8.00. The molecule has 0 N–H and O–H groups in total. The smallest absolute Gasteiger partial charge is 0.257 e. The summed E-state index contributed by atoms with van der Waals surface area (Å²) in [6.07, 6.45) is -0.349. The Hall–Kier alpha value is -2.60. The lowest BCUT2D eigenvalue weighted by atomic mass is 10.1. The van der Waals surface area contributed by atoms with Crippen LogP contribution in [0, 0.1) is 5.82 Å². The molecule has 1 aliphatic rings. The fraction of sp³-hybridized carbons (Fsp3) is 0.316. The Morgan fingerprint density at radius 1 is 1.20 bits per heavy atom. The van der Waals surface area contributed by atoms with Crippen molar-refractivity contribution in [2.45, 2.75) is 6.10 Å². The van der Waals surface area contributed by atoms with Gasteiger partial charge in [-0.15, -0.1) is 0 Å². The monoisotopic (exact) mass is 345 g/mol. The van der Waals surface area contributed by atoms with Crippen LogP contribution in [0.4, 0.5) is 4.39 Å². The maximum absolute atomic E-state index is 13.4. The summed E-state index contributed by atoms with van der Waals surface area (Å²) in [5.41, 5.74) is 1.18. The molecule has 0 spiro atoms. The summed E-state index contributed by atoms with van der Waals surface area (Å²) in [5.74, 6) is 0.608. The van der Waals surface area contributed by atoms with E-state index in [1.807, 2.05) is 0 Å². The van der Waals surface area contributed by atoms with E-state index in [1.165, 1.54) is 19.2 Å². The number of hydrogen-bond donors (Lipinski definition) is 0. The molecule has 1 atom stereocenters. The number of carbonyl (C=O) groups is 1. The lowest BCUT2D eigenvalue weighted by Gasteiger charge is -2.33. The minimum Gasteiger partial charge on any atom is -0.497 e. The molecule has 1 saturated heterocycles. The van der Waals surface area contributed by atoms with E-state index in [-0.39, 0.29) is 17.8 Å². The van der Waals surface area contributed by atoms with Gasteiger partial charge in [-0.2, -0.15) is 0 Å². The molecule has 1 unspecified atom stereocenters. The Kier molecular flexibility index (Phi) is 5.19. The lowest BCUT2D eigenvalue weighted by Crippen LogP contribution is -2.42. The Morgan fingerprint density at radius 3 is 2.76 bits per heavy atom. The van der Waals surface area contributed by atoms with Gasteiger partial charge >= 0.3 is 0 Å². The molecule has 1 aliphatic heterocycles. The number of carbonyl (C=O) groups excluding carboxylic acids is 1. The third-order valence-corrected chi connectivity index (χ3v) is 4.21. The van der Waals surface area contributed by atoms with Gasteiger partial charge in [0.15, 0.2) is 0 Å². The average Bonchev–Trinajstić information content (AvgIpc) is 2.67. The van der Waals surface area contributed by atoms with Crippen LogP contribution in [0.15, 0.2) is 42.5 Å². The molecular formula is C19H20FNO4. The molecular weight excluding hydrogens is 325 g/mol. The molecule has 3 rings (SSSR count). The predicted molar refractivity (Wildman–Crippen MR) is 90.5 cm³/mol. The molecule has 0 bridgehead atoms. The van der Waals surface area contributed by atoms with E-state index in [9.17, 15) is 9.18 Å². The van der Waals surface area contributed by atoms with Crippen LogP contribution >= 0.6 is 0 Å². The third kappa shape index (κ3) is 3.74. The summed E-state index contributed by atoms with van der Waals surface area (Å²) in [6.45, 7) is 1.22. The number of halogens is 1. The molecule has 0 radical (unpaired) electrons. The van der Waals surface area contributed by atoms with Crippen molar-refractivity contribution in [1.82, 2.24) is 4.90 Å². The summed E-state index contributed by atoms with van der Waals surface area (Å²) >= 11 is 0. The number of amides is 1. The van der Waals surface area contributed by atoms with E-state index in [4.69, 9.17) is 14.2 Å². The highest BCUT2D eigenvalue weighted by Crippen LogP contribution is 2.28. The Labute approximate surface area is 145 Å². The van der Waals surface area contributed by atoms with Crippen molar-refractivity contribution >= 4 is 5.91 Å². The standard InChI is InChI=1S/C19H20FNO4/c1-23-15-6-7-16(17(11-15)24-2)19(22)21-8-9-25-18(12-21)13-4-3-5-14(20)10-13/h3-7,10-11,18H,8-9,12H2,1-2H3. The van der Waals surface area contributed by atoms with Crippen LogP contribution in [0.5, 0.6) is 11.5 Å². The van der Waals surface area contributed by atoms with Crippen molar-refractivity contribution in [3.8, 4) is 11.5 Å². The van der Waals surface area contributed by atoms with Gasteiger partial charge in [0.1, 0.15) is 23.4 Å². The number of nitrogens with zero attached hydrogens (tertiary/aromatic N) is 1.